The molecule has 0 spiro atoms. The summed E-state index contributed by atoms with van der Waals surface area (Å²) in [5.41, 5.74) is 1.58. The van der Waals surface area contributed by atoms with Crippen LogP contribution in [0, 0.1) is 20.8 Å². The van der Waals surface area contributed by atoms with E-state index in [0.29, 0.717) is 11.3 Å². The van der Waals surface area contributed by atoms with E-state index in [0.717, 1.165) is 11.3 Å². The lowest BCUT2D eigenvalue weighted by molar-refractivity contribution is 0.167. The molecule has 0 radical (unpaired) electrons. The van der Waals surface area contributed by atoms with E-state index in [9.17, 15) is 13.5 Å². The van der Waals surface area contributed by atoms with E-state index < -0.39 is 16.1 Å². The van der Waals surface area contributed by atoms with E-state index in [1.54, 1.807) is 31.2 Å². The van der Waals surface area contributed by atoms with Crippen molar-refractivity contribution in [1.82, 2.24) is 4.72 Å². The van der Waals surface area contributed by atoms with Gasteiger partial charge in [-0.05, 0) is 51.0 Å². The molecule has 0 aliphatic heterocycles. The molecule has 2 N–H and O–H groups in total. The van der Waals surface area contributed by atoms with Crippen molar-refractivity contribution in [2.24, 2.45) is 0 Å². The predicted octanol–water partition coefficient (Wildman–Crippen LogP) is 2.61. The molecule has 1 atom stereocenters. The second-order valence-corrected chi connectivity index (χ2v) is 7.15. The molecule has 0 aliphatic carbocycles. The summed E-state index contributed by atoms with van der Waals surface area (Å²) in [4.78, 5) is 0.234. The van der Waals surface area contributed by atoms with Crippen LogP contribution in [-0.4, -0.2) is 20.1 Å². The highest BCUT2D eigenvalue weighted by atomic mass is 32.2. The largest absolute Gasteiger partial charge is 0.466 e. The first-order valence-corrected chi connectivity index (χ1v) is 8.59. The molecule has 0 amide bonds. The van der Waals surface area contributed by atoms with Crippen molar-refractivity contribution >= 4 is 10.0 Å². The third-order valence-electron chi connectivity index (χ3n) is 3.45. The number of aliphatic hydroxyl groups excluding tert-OH is 1. The van der Waals surface area contributed by atoms with Gasteiger partial charge in [-0.25, -0.2) is 13.1 Å². The summed E-state index contributed by atoms with van der Waals surface area (Å²) in [6, 6.07) is 8.48. The molecule has 22 heavy (non-hydrogen) atoms. The minimum Gasteiger partial charge on any atom is -0.466 e. The second kappa shape index (κ2) is 6.64. The number of aliphatic hydroxyl groups is 1. The van der Waals surface area contributed by atoms with Crippen LogP contribution in [0.25, 0.3) is 0 Å². The number of furan rings is 1. The summed E-state index contributed by atoms with van der Waals surface area (Å²) < 4.78 is 32.2. The molecule has 0 fully saturated rings. The topological polar surface area (TPSA) is 79.5 Å². The van der Waals surface area contributed by atoms with E-state index in [-0.39, 0.29) is 17.9 Å². The van der Waals surface area contributed by atoms with E-state index in [2.05, 4.69) is 4.72 Å². The Morgan fingerprint density at radius 2 is 1.95 bits per heavy atom. The molecule has 5 nitrogen and oxygen atoms in total. The first kappa shape index (κ1) is 16.7. The van der Waals surface area contributed by atoms with Crippen LogP contribution in [0.15, 0.2) is 39.6 Å². The molecule has 6 heteroatoms. The number of hydrogen-bond donors (Lipinski definition) is 2. The highest BCUT2D eigenvalue weighted by molar-refractivity contribution is 7.89. The molecule has 0 saturated carbocycles. The molecule has 0 aliphatic rings. The predicted molar refractivity (Wildman–Crippen MR) is 84.1 cm³/mol. The summed E-state index contributed by atoms with van der Waals surface area (Å²) >= 11 is 0. The van der Waals surface area contributed by atoms with Gasteiger partial charge in [0.25, 0.3) is 0 Å². The zero-order valence-electron chi connectivity index (χ0n) is 13.0. The Bertz CT molecular complexity index is 749. The van der Waals surface area contributed by atoms with Crippen LogP contribution in [0.5, 0.6) is 0 Å². The van der Waals surface area contributed by atoms with Gasteiger partial charge >= 0.3 is 0 Å². The van der Waals surface area contributed by atoms with Gasteiger partial charge in [-0.3, -0.25) is 0 Å². The van der Waals surface area contributed by atoms with Crippen LogP contribution in [0.4, 0.5) is 0 Å². The fraction of sp³-hybridized carbons (Fsp3) is 0.375. The van der Waals surface area contributed by atoms with Crippen molar-refractivity contribution in [2.75, 3.05) is 6.54 Å². The Morgan fingerprint density at radius 3 is 2.55 bits per heavy atom. The lowest BCUT2D eigenvalue weighted by atomic mass is 10.1. The summed E-state index contributed by atoms with van der Waals surface area (Å²) in [6.07, 6.45) is -0.470. The first-order valence-electron chi connectivity index (χ1n) is 7.11. The van der Waals surface area contributed by atoms with Gasteiger partial charge in [-0.15, -0.1) is 0 Å². The Hall–Kier alpha value is -1.63. The molecule has 1 aromatic heterocycles. The SMILES string of the molecule is Cc1cccc(S(=O)(=O)NCCC(O)c2cc(C)oc2C)c1. The summed E-state index contributed by atoms with van der Waals surface area (Å²) in [5.74, 6) is 1.39. The zero-order valence-corrected chi connectivity index (χ0v) is 13.8. The number of benzene rings is 1. The van der Waals surface area contributed by atoms with E-state index >= 15 is 0 Å². The smallest absolute Gasteiger partial charge is 0.240 e. The quantitative estimate of drug-likeness (QED) is 0.856. The maximum Gasteiger partial charge on any atom is 0.240 e. The minimum atomic E-state index is -3.55. The summed E-state index contributed by atoms with van der Waals surface area (Å²) in [5, 5.41) is 10.1. The number of sulfonamides is 1. The molecule has 1 aromatic carbocycles. The van der Waals surface area contributed by atoms with Crippen LogP contribution in [0.1, 0.15) is 35.2 Å². The molecule has 120 valence electrons. The number of nitrogens with one attached hydrogen (secondary N) is 1. The minimum absolute atomic E-state index is 0.154. The van der Waals surface area contributed by atoms with Crippen molar-refractivity contribution in [2.45, 2.75) is 38.2 Å². The van der Waals surface area contributed by atoms with E-state index in [4.69, 9.17) is 4.42 Å². The third-order valence-corrected chi connectivity index (χ3v) is 4.91. The summed E-state index contributed by atoms with van der Waals surface area (Å²) in [6.45, 7) is 5.58. The number of rotatable bonds is 6. The second-order valence-electron chi connectivity index (χ2n) is 5.39. The highest BCUT2D eigenvalue weighted by Gasteiger charge is 2.17. The van der Waals surface area contributed by atoms with Crippen molar-refractivity contribution in [3.8, 4) is 0 Å². The van der Waals surface area contributed by atoms with Gasteiger partial charge in [0.2, 0.25) is 10.0 Å². The average molecular weight is 323 g/mol. The molecule has 2 rings (SSSR count). The molecule has 0 saturated heterocycles. The van der Waals surface area contributed by atoms with Gasteiger partial charge in [0.1, 0.15) is 11.5 Å². The third kappa shape index (κ3) is 3.97. The lowest BCUT2D eigenvalue weighted by Crippen LogP contribution is -2.26. The first-order chi connectivity index (χ1) is 10.3. The van der Waals surface area contributed by atoms with Crippen molar-refractivity contribution in [3.05, 3.63) is 53.0 Å². The standard InChI is InChI=1S/C16H21NO4S/c1-11-5-4-6-14(9-11)22(19,20)17-8-7-16(18)15-10-12(2)21-13(15)3/h4-6,9-10,16-18H,7-8H2,1-3H3. The normalized spacial score (nSPS) is 13.3. The molecule has 1 unspecified atom stereocenters. The van der Waals surface area contributed by atoms with Crippen LogP contribution in [-0.2, 0) is 10.0 Å². The fourth-order valence-corrected chi connectivity index (χ4v) is 3.48. The maximum atomic E-state index is 12.2. The van der Waals surface area contributed by atoms with Crippen LogP contribution < -0.4 is 4.72 Å². The Labute approximate surface area is 131 Å². The Morgan fingerprint density at radius 1 is 1.23 bits per heavy atom. The van der Waals surface area contributed by atoms with Gasteiger partial charge in [-0.2, -0.15) is 0 Å². The molecular formula is C16H21NO4S. The molecule has 0 bridgehead atoms. The van der Waals surface area contributed by atoms with Crippen LogP contribution in [0.2, 0.25) is 0 Å². The van der Waals surface area contributed by atoms with Crippen molar-refractivity contribution < 1.29 is 17.9 Å². The highest BCUT2D eigenvalue weighted by Crippen LogP contribution is 2.23. The van der Waals surface area contributed by atoms with Gasteiger partial charge in [0, 0.05) is 12.1 Å². The van der Waals surface area contributed by atoms with Gasteiger partial charge in [-0.1, -0.05) is 12.1 Å². The average Bonchev–Trinajstić information content (AvgIpc) is 2.77. The fourth-order valence-electron chi connectivity index (χ4n) is 2.33. The number of aryl methyl sites for hydroxylation is 3. The van der Waals surface area contributed by atoms with Crippen LogP contribution >= 0.6 is 0 Å². The Balaban J connectivity index is 1.97. The Kier molecular flexibility index (Phi) is 5.05. The lowest BCUT2D eigenvalue weighted by Gasteiger charge is -2.11. The van der Waals surface area contributed by atoms with Gasteiger partial charge in [0.15, 0.2) is 0 Å². The maximum absolute atomic E-state index is 12.2. The van der Waals surface area contributed by atoms with Crippen LogP contribution in [0.3, 0.4) is 0 Å². The number of hydrogen-bond acceptors (Lipinski definition) is 4. The van der Waals surface area contributed by atoms with E-state index in [1.165, 1.54) is 0 Å². The summed E-state index contributed by atoms with van der Waals surface area (Å²) in [7, 11) is -3.55. The van der Waals surface area contributed by atoms with Gasteiger partial charge in [0.05, 0.1) is 11.0 Å². The van der Waals surface area contributed by atoms with E-state index in [1.807, 2.05) is 19.9 Å². The van der Waals surface area contributed by atoms with Gasteiger partial charge < -0.3 is 9.52 Å². The van der Waals surface area contributed by atoms with Crippen molar-refractivity contribution in [1.29, 1.82) is 0 Å². The zero-order chi connectivity index (χ0) is 16.3. The molecule has 1 heterocycles. The molecule has 2 aromatic rings. The molecular weight excluding hydrogens is 302 g/mol. The van der Waals surface area contributed by atoms with Crippen molar-refractivity contribution in [3.63, 3.8) is 0 Å². The monoisotopic (exact) mass is 323 g/mol.